The molecule has 1 aromatic heterocycles. The van der Waals surface area contributed by atoms with Crippen LogP contribution in [0, 0.1) is 5.82 Å². The number of pyridine rings is 1. The lowest BCUT2D eigenvalue weighted by Crippen LogP contribution is -2.50. The van der Waals surface area contributed by atoms with Crippen molar-refractivity contribution in [2.24, 2.45) is 0 Å². The first-order valence-electron chi connectivity index (χ1n) is 8.94. The van der Waals surface area contributed by atoms with E-state index in [4.69, 9.17) is 0 Å². The zero-order valence-corrected chi connectivity index (χ0v) is 15.7. The summed E-state index contributed by atoms with van der Waals surface area (Å²) in [6.07, 6.45) is 0.989. The van der Waals surface area contributed by atoms with Crippen LogP contribution in [-0.2, 0) is 6.42 Å². The summed E-state index contributed by atoms with van der Waals surface area (Å²) >= 11 is 0. The number of hydrogen-bond acceptors (Lipinski definition) is 2. The van der Waals surface area contributed by atoms with Gasteiger partial charge in [-0.1, -0.05) is 42.5 Å². The van der Waals surface area contributed by atoms with Crippen LogP contribution in [0.1, 0.15) is 36.2 Å². The molecule has 3 nitrogen and oxygen atoms in total. The number of amides is 1. The van der Waals surface area contributed by atoms with Gasteiger partial charge in [0.2, 0.25) is 5.92 Å². The minimum atomic E-state index is -2.96. The number of carbonyl (C=O) groups excluding carboxylic acids is 1. The first kappa shape index (κ1) is 19.9. The summed E-state index contributed by atoms with van der Waals surface area (Å²) in [5.41, 5.74) is 0.0179. The third-order valence-electron chi connectivity index (χ3n) is 4.48. The number of hydrogen-bond donors (Lipinski definition) is 1. The number of aromatic nitrogens is 1. The number of benzene rings is 2. The van der Waals surface area contributed by atoms with Gasteiger partial charge < -0.3 is 5.32 Å². The molecule has 3 aromatic rings. The predicted octanol–water partition coefficient (Wildman–Crippen LogP) is 5.15. The second-order valence-corrected chi connectivity index (χ2v) is 7.46. The number of alkyl halides is 2. The van der Waals surface area contributed by atoms with Crippen molar-refractivity contribution in [3.8, 4) is 0 Å². The Morgan fingerprint density at radius 3 is 2.46 bits per heavy atom. The Morgan fingerprint density at radius 1 is 1.07 bits per heavy atom. The fourth-order valence-corrected chi connectivity index (χ4v) is 3.48. The van der Waals surface area contributed by atoms with Gasteiger partial charge in [0, 0.05) is 23.5 Å². The van der Waals surface area contributed by atoms with Crippen LogP contribution in [0.3, 0.4) is 0 Å². The van der Waals surface area contributed by atoms with Gasteiger partial charge in [0.25, 0.3) is 5.91 Å². The first-order valence-corrected chi connectivity index (χ1v) is 8.94. The Hall–Kier alpha value is -2.89. The number of fused-ring (bicyclic) bond motifs is 1. The summed E-state index contributed by atoms with van der Waals surface area (Å²) in [7, 11) is 0. The number of carbonyl (C=O) groups is 1. The normalized spacial score (nSPS) is 13.9. The Bertz CT molecular complexity index is 986. The van der Waals surface area contributed by atoms with Gasteiger partial charge in [-0.2, -0.15) is 0 Å². The molecule has 0 aliphatic carbocycles. The summed E-state index contributed by atoms with van der Waals surface area (Å²) in [5.74, 6) is -3.97. The topological polar surface area (TPSA) is 42.0 Å². The average Bonchev–Trinajstić information content (AvgIpc) is 2.60. The van der Waals surface area contributed by atoms with Crippen molar-refractivity contribution in [1.29, 1.82) is 0 Å². The van der Waals surface area contributed by atoms with E-state index in [-0.39, 0.29) is 17.5 Å². The Balaban J connectivity index is 1.88. The predicted molar refractivity (Wildman–Crippen MR) is 103 cm³/mol. The van der Waals surface area contributed by atoms with E-state index in [2.05, 4.69) is 10.3 Å². The fraction of sp³-hybridized carbons (Fsp3) is 0.273. The van der Waals surface area contributed by atoms with Crippen LogP contribution in [-0.4, -0.2) is 22.4 Å². The standard InChI is InChI=1S/C22H21F3N2O/c1-21(14-22(2,24)25,12-15-7-4-3-5-8-15)27-20(28)17-11-16-9-6-10-18(23)19(16)26-13-17/h3-11,13H,12,14H2,1-2H3,(H,27,28)/t21-/m1/s1. The molecule has 1 heterocycles. The molecule has 1 N–H and O–H groups in total. The van der Waals surface area contributed by atoms with Crippen molar-refractivity contribution in [1.82, 2.24) is 10.3 Å². The number of nitrogens with zero attached hydrogens (tertiary/aromatic N) is 1. The maximum Gasteiger partial charge on any atom is 0.253 e. The second kappa shape index (κ2) is 7.62. The van der Waals surface area contributed by atoms with E-state index in [9.17, 15) is 18.0 Å². The lowest BCUT2D eigenvalue weighted by Gasteiger charge is -2.33. The molecule has 0 bridgehead atoms. The minimum Gasteiger partial charge on any atom is -0.346 e. The van der Waals surface area contributed by atoms with Crippen molar-refractivity contribution in [3.05, 3.63) is 77.7 Å². The molecule has 0 aliphatic heterocycles. The Labute approximate surface area is 161 Å². The molecule has 0 radical (unpaired) electrons. The summed E-state index contributed by atoms with van der Waals surface area (Å²) in [6, 6.07) is 15.1. The highest BCUT2D eigenvalue weighted by molar-refractivity contribution is 5.97. The van der Waals surface area contributed by atoms with E-state index < -0.39 is 29.6 Å². The summed E-state index contributed by atoms with van der Waals surface area (Å²) in [5, 5.41) is 3.21. The summed E-state index contributed by atoms with van der Waals surface area (Å²) < 4.78 is 41.4. The van der Waals surface area contributed by atoms with Crippen LogP contribution < -0.4 is 5.32 Å². The molecule has 2 aromatic carbocycles. The molecule has 146 valence electrons. The molecular formula is C22H21F3N2O. The zero-order valence-electron chi connectivity index (χ0n) is 15.7. The van der Waals surface area contributed by atoms with Gasteiger partial charge in [-0.25, -0.2) is 13.2 Å². The van der Waals surface area contributed by atoms with Crippen molar-refractivity contribution < 1.29 is 18.0 Å². The highest BCUT2D eigenvalue weighted by Gasteiger charge is 2.37. The van der Waals surface area contributed by atoms with E-state index in [1.807, 2.05) is 30.3 Å². The highest BCUT2D eigenvalue weighted by Crippen LogP contribution is 2.29. The number of para-hydroxylation sites is 1. The average molecular weight is 386 g/mol. The summed E-state index contributed by atoms with van der Waals surface area (Å²) in [4.78, 5) is 16.8. The van der Waals surface area contributed by atoms with Crippen molar-refractivity contribution in [3.63, 3.8) is 0 Å². The maximum atomic E-state index is 13.8. The summed E-state index contributed by atoms with van der Waals surface area (Å²) in [6.45, 7) is 2.44. The van der Waals surface area contributed by atoms with Gasteiger partial charge in [0.15, 0.2) is 0 Å². The highest BCUT2D eigenvalue weighted by atomic mass is 19.3. The number of rotatable bonds is 6. The molecule has 6 heteroatoms. The number of nitrogens with one attached hydrogen (secondary N) is 1. The monoisotopic (exact) mass is 386 g/mol. The van der Waals surface area contributed by atoms with E-state index in [0.717, 1.165) is 12.5 Å². The molecule has 1 atom stereocenters. The van der Waals surface area contributed by atoms with Gasteiger partial charge in [0.1, 0.15) is 11.3 Å². The largest absolute Gasteiger partial charge is 0.346 e. The Morgan fingerprint density at radius 2 is 1.79 bits per heavy atom. The molecule has 0 saturated carbocycles. The molecule has 0 unspecified atom stereocenters. The van der Waals surface area contributed by atoms with E-state index in [1.165, 1.54) is 24.4 Å². The maximum absolute atomic E-state index is 13.8. The molecule has 1 amide bonds. The molecule has 0 saturated heterocycles. The van der Waals surface area contributed by atoms with Crippen LogP contribution in [0.5, 0.6) is 0 Å². The van der Waals surface area contributed by atoms with Crippen LogP contribution in [0.2, 0.25) is 0 Å². The molecule has 3 rings (SSSR count). The van der Waals surface area contributed by atoms with Gasteiger partial charge in [-0.05, 0) is 38.0 Å². The van der Waals surface area contributed by atoms with Gasteiger partial charge in [0.05, 0.1) is 5.56 Å². The Kier molecular flexibility index (Phi) is 5.40. The lowest BCUT2D eigenvalue weighted by atomic mass is 9.86. The molecule has 0 aliphatic rings. The van der Waals surface area contributed by atoms with Crippen LogP contribution in [0.15, 0.2) is 60.8 Å². The van der Waals surface area contributed by atoms with Crippen molar-refractivity contribution in [2.75, 3.05) is 0 Å². The molecular weight excluding hydrogens is 365 g/mol. The SMILES string of the molecule is CC(F)(F)C[C@@](C)(Cc1ccccc1)NC(=O)c1cnc2c(F)cccc2c1. The zero-order chi connectivity index (χ0) is 20.4. The third kappa shape index (κ3) is 4.88. The smallest absolute Gasteiger partial charge is 0.253 e. The van der Waals surface area contributed by atoms with Crippen molar-refractivity contribution in [2.45, 2.75) is 38.2 Å². The van der Waals surface area contributed by atoms with E-state index >= 15 is 0 Å². The second-order valence-electron chi connectivity index (χ2n) is 7.46. The quantitative estimate of drug-likeness (QED) is 0.637. The molecule has 0 fully saturated rings. The third-order valence-corrected chi connectivity index (χ3v) is 4.48. The lowest BCUT2D eigenvalue weighted by molar-refractivity contribution is -0.0121. The van der Waals surface area contributed by atoms with E-state index in [0.29, 0.717) is 5.39 Å². The van der Waals surface area contributed by atoms with Gasteiger partial charge in [-0.15, -0.1) is 0 Å². The van der Waals surface area contributed by atoms with Crippen molar-refractivity contribution >= 4 is 16.8 Å². The molecule has 0 spiro atoms. The minimum absolute atomic E-state index is 0.159. The van der Waals surface area contributed by atoms with Crippen LogP contribution >= 0.6 is 0 Å². The van der Waals surface area contributed by atoms with Crippen LogP contribution in [0.4, 0.5) is 13.2 Å². The molecule has 28 heavy (non-hydrogen) atoms. The van der Waals surface area contributed by atoms with E-state index in [1.54, 1.807) is 13.0 Å². The first-order chi connectivity index (χ1) is 13.2. The van der Waals surface area contributed by atoms with Gasteiger partial charge >= 0.3 is 0 Å². The number of halogens is 3. The van der Waals surface area contributed by atoms with Crippen LogP contribution in [0.25, 0.3) is 10.9 Å². The van der Waals surface area contributed by atoms with Gasteiger partial charge in [-0.3, -0.25) is 9.78 Å². The fourth-order valence-electron chi connectivity index (χ4n) is 3.48.